The van der Waals surface area contributed by atoms with Gasteiger partial charge in [-0.15, -0.1) is 0 Å². The largest absolute Gasteiger partial charge is 0.480 e. The van der Waals surface area contributed by atoms with E-state index in [0.29, 0.717) is 41.9 Å². The predicted octanol–water partition coefficient (Wildman–Crippen LogP) is 3.59. The van der Waals surface area contributed by atoms with Crippen molar-refractivity contribution >= 4 is 11.9 Å². The van der Waals surface area contributed by atoms with E-state index in [9.17, 15) is 19.8 Å². The Balaban J connectivity index is 1.44. The van der Waals surface area contributed by atoms with Crippen LogP contribution in [-0.4, -0.2) is 45.9 Å². The second-order valence-electron chi connectivity index (χ2n) is 12.1. The Bertz CT molecular complexity index is 727. The number of carboxylic acid groups (broad SMARTS) is 1. The average Bonchev–Trinajstić information content (AvgIpc) is 3.09. The van der Waals surface area contributed by atoms with Crippen LogP contribution < -0.4 is 5.32 Å². The first-order valence-corrected chi connectivity index (χ1v) is 12.9. The standard InChI is InChI=1S/C26H43NO5/c1-15(4-7-22(30)27-14-23(31)32)18-5-6-19-24-20(9-11-26(18,19)3)25(2)10-8-17(28)12-16(25)13-21(24)29/h15-21,24,28-29H,4-14H2,1-3H3,(H,27,30)(H,31,32)/t15-,16-,17+,18-,19+,20+,21-,24+,25+,26-/m1/s1. The second kappa shape index (κ2) is 8.90. The molecule has 0 aromatic heterocycles. The van der Waals surface area contributed by atoms with Crippen molar-refractivity contribution in [3.05, 3.63) is 0 Å². The van der Waals surface area contributed by atoms with Gasteiger partial charge in [-0.2, -0.15) is 0 Å². The minimum atomic E-state index is -1.01. The third-order valence-corrected chi connectivity index (χ3v) is 10.7. The molecular formula is C26H43NO5. The molecule has 4 aliphatic rings. The number of carboxylic acids is 1. The van der Waals surface area contributed by atoms with E-state index in [1.54, 1.807) is 0 Å². The maximum absolute atomic E-state index is 12.0. The van der Waals surface area contributed by atoms with E-state index in [2.05, 4.69) is 26.1 Å². The summed E-state index contributed by atoms with van der Waals surface area (Å²) in [5.41, 5.74) is 0.451. The molecular weight excluding hydrogens is 406 g/mol. The van der Waals surface area contributed by atoms with E-state index >= 15 is 0 Å². The van der Waals surface area contributed by atoms with Gasteiger partial charge >= 0.3 is 5.97 Å². The quantitative estimate of drug-likeness (QED) is 0.496. The number of carbonyl (C=O) groups excluding carboxylic acids is 1. The van der Waals surface area contributed by atoms with Gasteiger partial charge in [0.05, 0.1) is 12.2 Å². The summed E-state index contributed by atoms with van der Waals surface area (Å²) in [4.78, 5) is 22.7. The summed E-state index contributed by atoms with van der Waals surface area (Å²) in [6.45, 7) is 6.83. The van der Waals surface area contributed by atoms with E-state index in [1.165, 1.54) is 12.8 Å². The number of aliphatic carboxylic acids is 1. The summed E-state index contributed by atoms with van der Waals surface area (Å²) in [5.74, 6) is 1.66. The van der Waals surface area contributed by atoms with Crippen molar-refractivity contribution in [2.24, 2.45) is 46.3 Å². The Morgan fingerprint density at radius 2 is 1.69 bits per heavy atom. The van der Waals surface area contributed by atoms with Gasteiger partial charge in [-0.3, -0.25) is 9.59 Å². The fourth-order valence-electron chi connectivity index (χ4n) is 9.00. The van der Waals surface area contributed by atoms with Crippen LogP contribution in [0.3, 0.4) is 0 Å². The Morgan fingerprint density at radius 3 is 2.41 bits per heavy atom. The highest BCUT2D eigenvalue weighted by Crippen LogP contribution is 2.68. The van der Waals surface area contributed by atoms with Crippen molar-refractivity contribution in [2.75, 3.05) is 6.54 Å². The van der Waals surface area contributed by atoms with Gasteiger partial charge in [0.25, 0.3) is 0 Å². The summed E-state index contributed by atoms with van der Waals surface area (Å²) in [6, 6.07) is 0. The molecule has 182 valence electrons. The molecule has 0 saturated heterocycles. The molecule has 0 spiro atoms. The zero-order valence-corrected chi connectivity index (χ0v) is 20.1. The highest BCUT2D eigenvalue weighted by Gasteiger charge is 2.62. The van der Waals surface area contributed by atoms with Crippen molar-refractivity contribution in [3.63, 3.8) is 0 Å². The molecule has 0 aromatic carbocycles. The number of hydrogen-bond acceptors (Lipinski definition) is 4. The first-order chi connectivity index (χ1) is 15.1. The predicted molar refractivity (Wildman–Crippen MR) is 122 cm³/mol. The molecule has 10 atom stereocenters. The third kappa shape index (κ3) is 4.11. The van der Waals surface area contributed by atoms with E-state index in [1.807, 2.05) is 0 Å². The summed E-state index contributed by atoms with van der Waals surface area (Å²) in [7, 11) is 0. The normalized spacial score (nSPS) is 46.5. The Hall–Kier alpha value is -1.14. The van der Waals surface area contributed by atoms with Crippen LogP contribution in [0, 0.1) is 46.3 Å². The smallest absolute Gasteiger partial charge is 0.322 e. The van der Waals surface area contributed by atoms with Gasteiger partial charge < -0.3 is 20.6 Å². The van der Waals surface area contributed by atoms with Gasteiger partial charge in [0.15, 0.2) is 0 Å². The maximum Gasteiger partial charge on any atom is 0.322 e. The molecule has 0 aliphatic heterocycles. The van der Waals surface area contributed by atoms with Crippen molar-refractivity contribution in [3.8, 4) is 0 Å². The van der Waals surface area contributed by atoms with Gasteiger partial charge in [-0.1, -0.05) is 20.8 Å². The lowest BCUT2D eigenvalue weighted by Crippen LogP contribution is -2.58. The zero-order chi connectivity index (χ0) is 23.3. The third-order valence-electron chi connectivity index (χ3n) is 10.7. The molecule has 0 radical (unpaired) electrons. The van der Waals surface area contributed by atoms with Crippen molar-refractivity contribution in [2.45, 2.75) is 97.2 Å². The minimum Gasteiger partial charge on any atom is -0.480 e. The maximum atomic E-state index is 12.0. The SMILES string of the molecule is C[C@H](CCC(=O)NCC(=O)O)[C@H]1CC[C@H]2[C@@H]3[C@H](O)C[C@H]4C[C@@H](O)CC[C@]4(C)[C@H]3CC[C@]12C. The minimum absolute atomic E-state index is 0.177. The molecule has 32 heavy (non-hydrogen) atoms. The van der Waals surface area contributed by atoms with Crippen molar-refractivity contribution in [1.29, 1.82) is 0 Å². The highest BCUT2D eigenvalue weighted by molar-refractivity contribution is 5.81. The average molecular weight is 450 g/mol. The van der Waals surface area contributed by atoms with E-state index in [4.69, 9.17) is 5.11 Å². The van der Waals surface area contributed by atoms with Gasteiger partial charge in [-0.05, 0) is 104 Å². The van der Waals surface area contributed by atoms with Crippen LogP contribution >= 0.6 is 0 Å². The van der Waals surface area contributed by atoms with Crippen LogP contribution in [0.2, 0.25) is 0 Å². The molecule has 4 saturated carbocycles. The Morgan fingerprint density at radius 1 is 1.00 bits per heavy atom. The number of aliphatic hydroxyl groups excluding tert-OH is 2. The van der Waals surface area contributed by atoms with Crippen molar-refractivity contribution < 1.29 is 24.9 Å². The van der Waals surface area contributed by atoms with Gasteiger partial charge in [0.2, 0.25) is 5.91 Å². The number of hydrogen-bond donors (Lipinski definition) is 4. The fraction of sp³-hybridized carbons (Fsp3) is 0.923. The first-order valence-electron chi connectivity index (χ1n) is 12.9. The zero-order valence-electron chi connectivity index (χ0n) is 20.1. The van der Waals surface area contributed by atoms with Crippen LogP contribution in [0.1, 0.15) is 85.0 Å². The molecule has 0 bridgehead atoms. The van der Waals surface area contributed by atoms with Crippen LogP contribution in [0.25, 0.3) is 0 Å². The number of amides is 1. The highest BCUT2D eigenvalue weighted by atomic mass is 16.4. The lowest BCUT2D eigenvalue weighted by molar-refractivity contribution is -0.174. The summed E-state index contributed by atoms with van der Waals surface area (Å²) >= 11 is 0. The monoisotopic (exact) mass is 449 g/mol. The van der Waals surface area contributed by atoms with Gasteiger partial charge in [-0.25, -0.2) is 0 Å². The van der Waals surface area contributed by atoms with Crippen LogP contribution in [-0.2, 0) is 9.59 Å². The number of carbonyl (C=O) groups is 2. The fourth-order valence-corrected chi connectivity index (χ4v) is 9.00. The summed E-state index contributed by atoms with van der Waals surface area (Å²) in [5, 5.41) is 32.8. The number of rotatable bonds is 6. The number of fused-ring (bicyclic) bond motifs is 5. The molecule has 4 N–H and O–H groups in total. The molecule has 0 heterocycles. The number of nitrogens with one attached hydrogen (secondary N) is 1. The molecule has 4 fully saturated rings. The number of aliphatic hydroxyl groups is 2. The van der Waals surface area contributed by atoms with E-state index < -0.39 is 5.97 Å². The van der Waals surface area contributed by atoms with E-state index in [-0.39, 0.29) is 35.5 Å². The van der Waals surface area contributed by atoms with Crippen LogP contribution in [0.15, 0.2) is 0 Å². The van der Waals surface area contributed by atoms with Crippen molar-refractivity contribution in [1.82, 2.24) is 5.32 Å². The Kier molecular flexibility index (Phi) is 6.68. The second-order valence-corrected chi connectivity index (χ2v) is 12.1. The molecule has 6 nitrogen and oxygen atoms in total. The van der Waals surface area contributed by atoms with Crippen LogP contribution in [0.4, 0.5) is 0 Å². The van der Waals surface area contributed by atoms with Crippen LogP contribution in [0.5, 0.6) is 0 Å². The molecule has 6 heteroatoms. The van der Waals surface area contributed by atoms with Gasteiger partial charge in [0.1, 0.15) is 6.54 Å². The Labute approximate surface area is 192 Å². The van der Waals surface area contributed by atoms with E-state index in [0.717, 1.165) is 44.9 Å². The summed E-state index contributed by atoms with van der Waals surface area (Å²) in [6.07, 6.45) is 9.06. The lowest BCUT2D eigenvalue weighted by Gasteiger charge is -2.62. The van der Waals surface area contributed by atoms with Gasteiger partial charge in [0, 0.05) is 6.42 Å². The molecule has 0 unspecified atom stereocenters. The first kappa shape index (κ1) is 24.0. The molecule has 4 rings (SSSR count). The lowest BCUT2D eigenvalue weighted by atomic mass is 9.43. The molecule has 0 aromatic rings. The summed E-state index contributed by atoms with van der Waals surface area (Å²) < 4.78 is 0. The topological polar surface area (TPSA) is 107 Å². The molecule has 4 aliphatic carbocycles. The molecule has 1 amide bonds.